The summed E-state index contributed by atoms with van der Waals surface area (Å²) in [5, 5.41) is 0. The molecule has 16 heavy (non-hydrogen) atoms. The minimum Gasteiger partial charge on any atom is -0.362 e. The average molecular weight is 217 g/mol. The van der Waals surface area contributed by atoms with Gasteiger partial charge in [0.1, 0.15) is 0 Å². The summed E-state index contributed by atoms with van der Waals surface area (Å²) < 4.78 is 0. The zero-order chi connectivity index (χ0) is 11.5. The summed E-state index contributed by atoms with van der Waals surface area (Å²) in [6.07, 6.45) is 4.66. The van der Waals surface area contributed by atoms with E-state index in [0.717, 1.165) is 6.42 Å². The van der Waals surface area contributed by atoms with Crippen LogP contribution < -0.4 is 0 Å². The van der Waals surface area contributed by atoms with Gasteiger partial charge in [-0.3, -0.25) is 0 Å². The first-order valence-electron chi connectivity index (χ1n) is 5.83. The van der Waals surface area contributed by atoms with Gasteiger partial charge in [0.2, 0.25) is 0 Å². The first-order chi connectivity index (χ1) is 7.66. The summed E-state index contributed by atoms with van der Waals surface area (Å²) in [5.74, 6) is 1.04. The third-order valence-electron chi connectivity index (χ3n) is 2.97. The monoisotopic (exact) mass is 217 g/mol. The van der Waals surface area contributed by atoms with Crippen molar-refractivity contribution in [1.29, 1.82) is 0 Å². The number of nitrogens with one attached hydrogen (secondary N) is 2. The Balaban J connectivity index is 2.03. The summed E-state index contributed by atoms with van der Waals surface area (Å²) in [5.41, 5.74) is 3.80. The van der Waals surface area contributed by atoms with Gasteiger partial charge in [-0.05, 0) is 24.5 Å². The molecule has 0 saturated heterocycles. The van der Waals surface area contributed by atoms with Gasteiger partial charge in [-0.2, -0.15) is 0 Å². The SMILES string of the molecule is CC(C)c1ccc(CC(C)c2cnc[nH]2)[nH]1. The molecule has 2 heterocycles. The number of aromatic nitrogens is 3. The van der Waals surface area contributed by atoms with Crippen LogP contribution in [0.3, 0.4) is 0 Å². The van der Waals surface area contributed by atoms with Crippen molar-refractivity contribution in [2.24, 2.45) is 0 Å². The maximum atomic E-state index is 4.05. The van der Waals surface area contributed by atoms with Crippen molar-refractivity contribution >= 4 is 0 Å². The van der Waals surface area contributed by atoms with Gasteiger partial charge in [0, 0.05) is 29.2 Å². The molecular formula is C13H19N3. The minimum atomic E-state index is 0.473. The molecule has 0 aromatic carbocycles. The zero-order valence-corrected chi connectivity index (χ0v) is 10.1. The molecule has 0 aliphatic heterocycles. The maximum absolute atomic E-state index is 4.05. The van der Waals surface area contributed by atoms with E-state index in [1.807, 2.05) is 6.20 Å². The molecule has 2 aromatic heterocycles. The maximum Gasteiger partial charge on any atom is 0.0921 e. The smallest absolute Gasteiger partial charge is 0.0921 e. The topological polar surface area (TPSA) is 44.5 Å². The minimum absolute atomic E-state index is 0.473. The first-order valence-corrected chi connectivity index (χ1v) is 5.83. The van der Waals surface area contributed by atoms with E-state index in [4.69, 9.17) is 0 Å². The van der Waals surface area contributed by atoms with Gasteiger partial charge in [-0.1, -0.05) is 20.8 Å². The summed E-state index contributed by atoms with van der Waals surface area (Å²) in [7, 11) is 0. The Morgan fingerprint density at radius 2 is 2.00 bits per heavy atom. The normalized spacial score (nSPS) is 13.2. The molecule has 0 aliphatic rings. The number of rotatable bonds is 4. The third-order valence-corrected chi connectivity index (χ3v) is 2.97. The number of H-pyrrole nitrogens is 2. The van der Waals surface area contributed by atoms with Crippen molar-refractivity contribution in [2.45, 2.75) is 39.0 Å². The lowest BCUT2D eigenvalue weighted by molar-refractivity contribution is 0.717. The lowest BCUT2D eigenvalue weighted by Crippen LogP contribution is -1.99. The van der Waals surface area contributed by atoms with Crippen molar-refractivity contribution in [3.05, 3.63) is 41.7 Å². The second kappa shape index (κ2) is 4.56. The fraction of sp³-hybridized carbons (Fsp3) is 0.462. The highest BCUT2D eigenvalue weighted by atomic mass is 14.9. The van der Waals surface area contributed by atoms with Gasteiger partial charge in [-0.25, -0.2) is 4.98 Å². The summed E-state index contributed by atoms with van der Waals surface area (Å²) in [6, 6.07) is 4.36. The van der Waals surface area contributed by atoms with Crippen LogP contribution in [-0.2, 0) is 6.42 Å². The molecule has 3 nitrogen and oxygen atoms in total. The summed E-state index contributed by atoms with van der Waals surface area (Å²) in [4.78, 5) is 10.7. The number of imidazole rings is 1. The van der Waals surface area contributed by atoms with Crippen LogP contribution in [0.25, 0.3) is 0 Å². The average Bonchev–Trinajstić information content (AvgIpc) is 2.87. The number of nitrogens with zero attached hydrogens (tertiary/aromatic N) is 1. The summed E-state index contributed by atoms with van der Waals surface area (Å²) >= 11 is 0. The lowest BCUT2D eigenvalue weighted by Gasteiger charge is -2.07. The van der Waals surface area contributed by atoms with Crippen molar-refractivity contribution in [3.63, 3.8) is 0 Å². The number of hydrogen-bond acceptors (Lipinski definition) is 1. The number of aromatic amines is 2. The van der Waals surface area contributed by atoms with Crippen molar-refractivity contribution in [2.75, 3.05) is 0 Å². The number of hydrogen-bond donors (Lipinski definition) is 2. The molecule has 0 aliphatic carbocycles. The molecule has 0 bridgehead atoms. The highest BCUT2D eigenvalue weighted by Gasteiger charge is 2.10. The standard InChI is InChI=1S/C13H19N3/c1-9(2)12-5-4-11(16-12)6-10(3)13-7-14-8-15-13/h4-5,7-10,16H,6H2,1-3H3,(H,14,15). The largest absolute Gasteiger partial charge is 0.362 e. The van der Waals surface area contributed by atoms with E-state index < -0.39 is 0 Å². The summed E-state index contributed by atoms with van der Waals surface area (Å²) in [6.45, 7) is 6.62. The Kier molecular flexibility index (Phi) is 3.13. The second-order valence-electron chi connectivity index (χ2n) is 4.71. The van der Waals surface area contributed by atoms with Crippen LogP contribution in [0.15, 0.2) is 24.7 Å². The molecule has 0 saturated carbocycles. The molecule has 1 atom stereocenters. The molecule has 3 heteroatoms. The second-order valence-corrected chi connectivity index (χ2v) is 4.71. The van der Waals surface area contributed by atoms with Crippen molar-refractivity contribution in [1.82, 2.24) is 15.0 Å². The molecular weight excluding hydrogens is 198 g/mol. The molecule has 0 spiro atoms. The van der Waals surface area contributed by atoms with E-state index in [0.29, 0.717) is 11.8 Å². The van der Waals surface area contributed by atoms with E-state index >= 15 is 0 Å². The molecule has 0 radical (unpaired) electrons. The van der Waals surface area contributed by atoms with Gasteiger partial charge in [0.15, 0.2) is 0 Å². The van der Waals surface area contributed by atoms with Gasteiger partial charge in [-0.15, -0.1) is 0 Å². The van der Waals surface area contributed by atoms with E-state index in [2.05, 4.69) is 47.9 Å². The van der Waals surface area contributed by atoms with E-state index in [9.17, 15) is 0 Å². The quantitative estimate of drug-likeness (QED) is 0.811. The predicted octanol–water partition coefficient (Wildman–Crippen LogP) is 3.21. The molecule has 0 fully saturated rings. The fourth-order valence-corrected chi connectivity index (χ4v) is 1.89. The molecule has 2 N–H and O–H groups in total. The Bertz CT molecular complexity index is 426. The van der Waals surface area contributed by atoms with E-state index in [-0.39, 0.29) is 0 Å². The van der Waals surface area contributed by atoms with Gasteiger partial charge in [0.05, 0.1) is 6.33 Å². The van der Waals surface area contributed by atoms with Crippen LogP contribution in [0.2, 0.25) is 0 Å². The first kappa shape index (κ1) is 11.0. The highest BCUT2D eigenvalue weighted by Crippen LogP contribution is 2.19. The molecule has 2 aromatic rings. The fourth-order valence-electron chi connectivity index (χ4n) is 1.89. The zero-order valence-electron chi connectivity index (χ0n) is 10.1. The molecule has 86 valence electrons. The van der Waals surface area contributed by atoms with Crippen LogP contribution in [0, 0.1) is 0 Å². The molecule has 0 amide bonds. The van der Waals surface area contributed by atoms with Gasteiger partial charge >= 0.3 is 0 Å². The van der Waals surface area contributed by atoms with E-state index in [1.54, 1.807) is 6.33 Å². The molecule has 2 rings (SSSR count). The van der Waals surface area contributed by atoms with Gasteiger partial charge in [0.25, 0.3) is 0 Å². The Morgan fingerprint density at radius 1 is 1.19 bits per heavy atom. The van der Waals surface area contributed by atoms with Crippen LogP contribution in [0.1, 0.15) is 49.7 Å². The Hall–Kier alpha value is -1.51. The van der Waals surface area contributed by atoms with Crippen LogP contribution in [0.4, 0.5) is 0 Å². The van der Waals surface area contributed by atoms with Crippen LogP contribution >= 0.6 is 0 Å². The third kappa shape index (κ3) is 2.35. The van der Waals surface area contributed by atoms with Crippen molar-refractivity contribution < 1.29 is 0 Å². The molecule has 1 unspecified atom stereocenters. The van der Waals surface area contributed by atoms with E-state index in [1.165, 1.54) is 17.1 Å². The van der Waals surface area contributed by atoms with Gasteiger partial charge < -0.3 is 9.97 Å². The Labute approximate surface area is 96.3 Å². The predicted molar refractivity (Wildman–Crippen MR) is 65.6 cm³/mol. The lowest BCUT2D eigenvalue weighted by atomic mass is 10.0. The van der Waals surface area contributed by atoms with Crippen LogP contribution in [0.5, 0.6) is 0 Å². The van der Waals surface area contributed by atoms with Crippen LogP contribution in [-0.4, -0.2) is 15.0 Å². The Morgan fingerprint density at radius 3 is 2.56 bits per heavy atom. The highest BCUT2D eigenvalue weighted by molar-refractivity contribution is 5.18. The van der Waals surface area contributed by atoms with Crippen molar-refractivity contribution in [3.8, 4) is 0 Å².